The summed E-state index contributed by atoms with van der Waals surface area (Å²) in [7, 11) is 5.79. The van der Waals surface area contributed by atoms with E-state index in [1.807, 2.05) is 37.4 Å². The number of ether oxygens (including phenoxy) is 4. The third-order valence-electron chi connectivity index (χ3n) is 8.91. The summed E-state index contributed by atoms with van der Waals surface area (Å²) in [6.45, 7) is 3.66. The molecular formula is C38H42ClF5N4O4. The molecular weight excluding hydrogens is 707 g/mol. The zero-order valence-corrected chi connectivity index (χ0v) is 29.9. The number of nitrogens with zero attached hydrogens (tertiary/aromatic N) is 4. The van der Waals surface area contributed by atoms with Gasteiger partial charge in [-0.15, -0.1) is 13.2 Å². The highest BCUT2D eigenvalue weighted by Crippen LogP contribution is 2.35. The molecule has 0 spiro atoms. The molecule has 8 nitrogen and oxygen atoms in total. The van der Waals surface area contributed by atoms with E-state index in [9.17, 15) is 22.0 Å². The van der Waals surface area contributed by atoms with Crippen LogP contribution in [-0.4, -0.2) is 85.7 Å². The van der Waals surface area contributed by atoms with Gasteiger partial charge in [0.1, 0.15) is 35.3 Å². The topological polar surface area (TPSA) is 69.2 Å². The molecule has 2 aliphatic heterocycles. The summed E-state index contributed by atoms with van der Waals surface area (Å²) >= 11 is 5.99. The van der Waals surface area contributed by atoms with Crippen molar-refractivity contribution in [1.82, 2.24) is 19.8 Å². The molecule has 2 aliphatic rings. The van der Waals surface area contributed by atoms with Gasteiger partial charge >= 0.3 is 6.36 Å². The Morgan fingerprint density at radius 2 is 1.33 bits per heavy atom. The van der Waals surface area contributed by atoms with Gasteiger partial charge in [0.15, 0.2) is 0 Å². The van der Waals surface area contributed by atoms with Gasteiger partial charge in [0, 0.05) is 37.9 Å². The third kappa shape index (κ3) is 11.6. The molecule has 2 aromatic heterocycles. The van der Waals surface area contributed by atoms with Crippen molar-refractivity contribution in [2.45, 2.75) is 56.5 Å². The van der Waals surface area contributed by atoms with Crippen molar-refractivity contribution in [3.63, 3.8) is 0 Å². The first-order valence-electron chi connectivity index (χ1n) is 17.0. The van der Waals surface area contributed by atoms with Crippen LogP contribution in [0.25, 0.3) is 0 Å². The fourth-order valence-electron chi connectivity index (χ4n) is 6.06. The summed E-state index contributed by atoms with van der Waals surface area (Å²) in [5.74, 6) is -1.10. The van der Waals surface area contributed by atoms with E-state index >= 15 is 0 Å². The Morgan fingerprint density at radius 1 is 0.731 bits per heavy atom. The van der Waals surface area contributed by atoms with E-state index in [4.69, 9.17) is 25.8 Å². The van der Waals surface area contributed by atoms with Crippen LogP contribution in [0.5, 0.6) is 11.5 Å². The van der Waals surface area contributed by atoms with Crippen molar-refractivity contribution in [2.24, 2.45) is 0 Å². The molecule has 0 saturated carbocycles. The number of rotatable bonds is 10. The molecule has 0 amide bonds. The number of hydrogen-bond donors (Lipinski definition) is 0. The van der Waals surface area contributed by atoms with E-state index < -0.39 is 29.9 Å². The van der Waals surface area contributed by atoms with E-state index in [1.165, 1.54) is 6.07 Å². The Hall–Kier alpha value is -3.88. The number of alkyl halides is 3. The number of aromatic nitrogens is 2. The summed E-state index contributed by atoms with van der Waals surface area (Å²) in [6.07, 6.45) is -0.187. The zero-order chi connectivity index (χ0) is 37.3. The van der Waals surface area contributed by atoms with E-state index in [0.29, 0.717) is 17.9 Å². The molecule has 2 saturated heterocycles. The molecule has 2 unspecified atom stereocenters. The molecule has 2 aromatic carbocycles. The first kappa shape index (κ1) is 39.3. The summed E-state index contributed by atoms with van der Waals surface area (Å²) < 4.78 is 87.1. The molecule has 0 aliphatic carbocycles. The van der Waals surface area contributed by atoms with Crippen LogP contribution in [0.4, 0.5) is 22.0 Å². The Labute approximate surface area is 305 Å². The number of benzene rings is 2. The van der Waals surface area contributed by atoms with Crippen LogP contribution in [-0.2, 0) is 9.47 Å². The Kier molecular flexibility index (Phi) is 13.8. The van der Waals surface area contributed by atoms with Gasteiger partial charge in [-0.1, -0.05) is 23.7 Å². The van der Waals surface area contributed by atoms with Crippen molar-refractivity contribution >= 4 is 11.6 Å². The lowest BCUT2D eigenvalue weighted by Gasteiger charge is -2.32. The Bertz CT molecular complexity index is 1700. The zero-order valence-electron chi connectivity index (χ0n) is 29.2. The minimum atomic E-state index is -4.91. The quantitative estimate of drug-likeness (QED) is 0.150. The van der Waals surface area contributed by atoms with Crippen LogP contribution in [0.1, 0.15) is 60.4 Å². The first-order valence-corrected chi connectivity index (χ1v) is 17.3. The first-order chi connectivity index (χ1) is 24.9. The predicted octanol–water partition coefficient (Wildman–Crippen LogP) is 8.40. The maximum atomic E-state index is 14.5. The molecule has 4 heterocycles. The van der Waals surface area contributed by atoms with Gasteiger partial charge in [-0.2, -0.15) is 0 Å². The summed E-state index contributed by atoms with van der Waals surface area (Å²) in [4.78, 5) is 12.9. The number of hydrogen-bond acceptors (Lipinski definition) is 8. The number of methoxy groups -OCH3 is 1. The second-order valence-electron chi connectivity index (χ2n) is 12.8. The van der Waals surface area contributed by atoms with Crippen LogP contribution in [0.15, 0.2) is 79.1 Å². The molecule has 2 atom stereocenters. The normalized spacial score (nSPS) is 17.6. The molecule has 0 radical (unpaired) electrons. The van der Waals surface area contributed by atoms with Gasteiger partial charge in [-0.05, 0) is 99.9 Å². The second kappa shape index (κ2) is 18.2. The van der Waals surface area contributed by atoms with Gasteiger partial charge in [0.05, 0.1) is 41.9 Å². The summed E-state index contributed by atoms with van der Waals surface area (Å²) in [5.41, 5.74) is 1.96. The van der Waals surface area contributed by atoms with Crippen molar-refractivity contribution in [2.75, 3.05) is 47.4 Å². The molecule has 280 valence electrons. The highest BCUT2D eigenvalue weighted by Gasteiger charge is 2.33. The third-order valence-corrected chi connectivity index (χ3v) is 9.13. The van der Waals surface area contributed by atoms with Crippen molar-refractivity contribution in [3.8, 4) is 11.5 Å². The molecule has 0 N–H and O–H groups in total. The highest BCUT2D eigenvalue weighted by atomic mass is 35.5. The van der Waals surface area contributed by atoms with Crippen LogP contribution in [0.3, 0.4) is 0 Å². The number of likely N-dealkylation sites (tertiary alicyclic amines) is 2. The molecule has 6 rings (SSSR count). The molecule has 2 fully saturated rings. The average molecular weight is 749 g/mol. The Balaban J connectivity index is 0.000000203. The van der Waals surface area contributed by atoms with E-state index in [2.05, 4.69) is 37.6 Å². The minimum absolute atomic E-state index is 0.153. The van der Waals surface area contributed by atoms with E-state index in [1.54, 1.807) is 13.3 Å². The molecule has 52 heavy (non-hydrogen) atoms. The van der Waals surface area contributed by atoms with Crippen molar-refractivity contribution in [3.05, 3.63) is 118 Å². The van der Waals surface area contributed by atoms with Crippen LogP contribution in [0.2, 0.25) is 5.02 Å². The predicted molar refractivity (Wildman–Crippen MR) is 186 cm³/mol. The molecule has 0 bridgehead atoms. The molecule has 4 aromatic rings. The lowest BCUT2D eigenvalue weighted by Crippen LogP contribution is -2.35. The van der Waals surface area contributed by atoms with Crippen molar-refractivity contribution < 1.29 is 40.9 Å². The largest absolute Gasteiger partial charge is 0.573 e. The van der Waals surface area contributed by atoms with Gasteiger partial charge in [0.2, 0.25) is 0 Å². The van der Waals surface area contributed by atoms with E-state index in [0.717, 1.165) is 86.5 Å². The highest BCUT2D eigenvalue weighted by molar-refractivity contribution is 6.30. The van der Waals surface area contributed by atoms with Crippen LogP contribution >= 0.6 is 11.6 Å². The summed E-state index contributed by atoms with van der Waals surface area (Å²) in [6, 6.07) is 16.9. The SMILES string of the molecule is CN1CCC(OC(c2ccc(F)cn2)c2cc(OC(F)(F)F)ccc2F)CC1.COc1cccc(C(OC2CCN(C)CC2)c2ccc(Cl)cn2)c1. The van der Waals surface area contributed by atoms with Crippen LogP contribution in [0, 0.1) is 11.6 Å². The number of halogens is 6. The molecule has 14 heteroatoms. The fourth-order valence-corrected chi connectivity index (χ4v) is 6.17. The van der Waals surface area contributed by atoms with Gasteiger partial charge in [-0.25, -0.2) is 8.78 Å². The van der Waals surface area contributed by atoms with E-state index in [-0.39, 0.29) is 29.6 Å². The van der Waals surface area contributed by atoms with Gasteiger partial charge < -0.3 is 28.7 Å². The standard InChI is InChI=1S/C19H23ClN2O2.C19H19F5N2O2/c1-22-10-8-16(9-11-22)24-19(18-7-6-15(20)13-21-18)14-4-3-5-17(12-14)23-2;1-26-8-6-13(7-9-26)27-18(17-5-2-12(20)11-25-17)15-10-14(3-4-16(15)21)28-19(22,23)24/h3-7,12-13,16,19H,8-11H2,1-2H3;2-5,10-11,13,18H,6-9H2,1H3. The van der Waals surface area contributed by atoms with Crippen molar-refractivity contribution in [1.29, 1.82) is 0 Å². The monoisotopic (exact) mass is 748 g/mol. The number of pyridine rings is 2. The van der Waals surface area contributed by atoms with Crippen LogP contribution < -0.4 is 9.47 Å². The average Bonchev–Trinajstić information content (AvgIpc) is 3.13. The number of piperidine rings is 2. The van der Waals surface area contributed by atoms with Gasteiger partial charge in [0.25, 0.3) is 0 Å². The fraction of sp³-hybridized carbons (Fsp3) is 0.421. The lowest BCUT2D eigenvalue weighted by molar-refractivity contribution is -0.274. The van der Waals surface area contributed by atoms with Gasteiger partial charge in [-0.3, -0.25) is 9.97 Å². The Morgan fingerprint density at radius 3 is 1.88 bits per heavy atom. The maximum Gasteiger partial charge on any atom is 0.573 e. The summed E-state index contributed by atoms with van der Waals surface area (Å²) in [5, 5.41) is 0.627. The lowest BCUT2D eigenvalue weighted by atomic mass is 10.0. The maximum absolute atomic E-state index is 14.5. The minimum Gasteiger partial charge on any atom is -0.497 e. The smallest absolute Gasteiger partial charge is 0.497 e. The second-order valence-corrected chi connectivity index (χ2v) is 13.3.